The van der Waals surface area contributed by atoms with E-state index >= 15 is 0 Å². The topological polar surface area (TPSA) is 68.4 Å². The molecule has 0 radical (unpaired) electrons. The molecule has 1 fully saturated rings. The highest BCUT2D eigenvalue weighted by Crippen LogP contribution is 2.44. The van der Waals surface area contributed by atoms with Crippen LogP contribution in [-0.4, -0.2) is 17.7 Å². The van der Waals surface area contributed by atoms with E-state index in [1.807, 2.05) is 0 Å². The summed E-state index contributed by atoms with van der Waals surface area (Å²) in [5.74, 6) is -2.44. The van der Waals surface area contributed by atoms with Crippen molar-refractivity contribution in [1.82, 2.24) is 4.98 Å². The lowest BCUT2D eigenvalue weighted by Gasteiger charge is -2.09. The molecule has 2 aromatic rings. The van der Waals surface area contributed by atoms with Crippen LogP contribution < -0.4 is 10.2 Å². The number of aromatic nitrogens is 1. The average molecular weight is 309 g/mol. The van der Waals surface area contributed by atoms with Crippen molar-refractivity contribution in [2.45, 2.75) is 25.7 Å². The number of rotatable bonds is 3. The molecule has 0 saturated heterocycles. The number of hydrogen-bond donors (Lipinski definition) is 1. The monoisotopic (exact) mass is 309 g/mol. The first-order valence-electron chi connectivity index (χ1n) is 6.90. The zero-order valence-corrected chi connectivity index (χ0v) is 11.7. The second-order valence-electron chi connectivity index (χ2n) is 5.05. The van der Waals surface area contributed by atoms with Crippen LogP contribution in [0.3, 0.4) is 0 Å². The number of H-pyrrole nitrogens is 1. The van der Waals surface area contributed by atoms with Crippen molar-refractivity contribution < 1.29 is 23.0 Å². The number of nitrogens with one attached hydrogen (secondary N) is 1. The zero-order chi connectivity index (χ0) is 15.9. The third kappa shape index (κ3) is 2.43. The highest BCUT2D eigenvalue weighted by atomic mass is 19.2. The molecule has 0 spiro atoms. The maximum Gasteiger partial charge on any atom is 0.514 e. The normalized spacial score (nSPS) is 14.1. The van der Waals surface area contributed by atoms with Crippen molar-refractivity contribution in [3.63, 3.8) is 0 Å². The van der Waals surface area contributed by atoms with Gasteiger partial charge in [-0.15, -0.1) is 0 Å². The molecule has 7 heteroatoms. The SMILES string of the molecule is CCOC(=O)Oc1c[nH]c2c(C3CC3)c(F)c(F)cc2c1=O. The number of halogens is 2. The van der Waals surface area contributed by atoms with Gasteiger partial charge in [-0.3, -0.25) is 4.79 Å². The van der Waals surface area contributed by atoms with E-state index in [4.69, 9.17) is 4.74 Å². The minimum Gasteiger partial charge on any atom is -0.434 e. The Kier molecular flexibility index (Phi) is 3.56. The fourth-order valence-corrected chi connectivity index (χ4v) is 2.38. The van der Waals surface area contributed by atoms with Gasteiger partial charge in [0.05, 0.1) is 17.5 Å². The molecule has 116 valence electrons. The highest BCUT2D eigenvalue weighted by molar-refractivity contribution is 5.84. The van der Waals surface area contributed by atoms with Gasteiger partial charge in [-0.1, -0.05) is 0 Å². The van der Waals surface area contributed by atoms with Gasteiger partial charge in [-0.2, -0.15) is 0 Å². The van der Waals surface area contributed by atoms with Gasteiger partial charge in [0.2, 0.25) is 5.43 Å². The van der Waals surface area contributed by atoms with E-state index in [2.05, 4.69) is 9.72 Å². The van der Waals surface area contributed by atoms with Crippen molar-refractivity contribution in [2.24, 2.45) is 0 Å². The third-order valence-corrected chi connectivity index (χ3v) is 3.51. The van der Waals surface area contributed by atoms with Crippen molar-refractivity contribution in [1.29, 1.82) is 0 Å². The molecule has 1 aliphatic rings. The van der Waals surface area contributed by atoms with Crippen LogP contribution in [0.25, 0.3) is 10.9 Å². The predicted molar refractivity (Wildman–Crippen MR) is 74.1 cm³/mol. The van der Waals surface area contributed by atoms with Crippen LogP contribution >= 0.6 is 0 Å². The molecule has 1 aliphatic carbocycles. The number of hydrogen-bond acceptors (Lipinski definition) is 4. The molecule has 1 saturated carbocycles. The van der Waals surface area contributed by atoms with E-state index in [9.17, 15) is 18.4 Å². The number of pyridine rings is 1. The van der Waals surface area contributed by atoms with Gasteiger partial charge in [0, 0.05) is 11.8 Å². The van der Waals surface area contributed by atoms with E-state index in [-0.39, 0.29) is 34.7 Å². The first-order valence-corrected chi connectivity index (χ1v) is 6.90. The van der Waals surface area contributed by atoms with E-state index in [0.717, 1.165) is 25.1 Å². The van der Waals surface area contributed by atoms with E-state index in [1.54, 1.807) is 6.92 Å². The molecular weight excluding hydrogens is 296 g/mol. The van der Waals surface area contributed by atoms with Gasteiger partial charge in [0.15, 0.2) is 17.4 Å². The molecule has 0 atom stereocenters. The second-order valence-corrected chi connectivity index (χ2v) is 5.05. The Morgan fingerprint density at radius 1 is 1.41 bits per heavy atom. The minimum absolute atomic E-state index is 0.0531. The lowest BCUT2D eigenvalue weighted by molar-refractivity contribution is 0.104. The zero-order valence-electron chi connectivity index (χ0n) is 11.7. The molecule has 1 aromatic heterocycles. The highest BCUT2D eigenvalue weighted by Gasteiger charge is 2.31. The Labute approximate surface area is 123 Å². The number of aromatic amines is 1. The Balaban J connectivity index is 2.13. The van der Waals surface area contributed by atoms with Crippen molar-refractivity contribution in [3.8, 4) is 5.75 Å². The Morgan fingerprint density at radius 2 is 2.14 bits per heavy atom. The first kappa shape index (κ1) is 14.5. The maximum atomic E-state index is 14.0. The molecular formula is C15H13F2NO4. The number of ether oxygens (including phenoxy) is 2. The van der Waals surface area contributed by atoms with Gasteiger partial charge >= 0.3 is 6.16 Å². The molecule has 0 bridgehead atoms. The number of carbonyl (C=O) groups is 1. The predicted octanol–water partition coefficient (Wildman–Crippen LogP) is 3.22. The summed E-state index contributed by atoms with van der Waals surface area (Å²) in [5, 5.41) is -0.0531. The summed E-state index contributed by atoms with van der Waals surface area (Å²) in [6.45, 7) is 1.68. The number of carbonyl (C=O) groups excluding carboxylic acids is 1. The van der Waals surface area contributed by atoms with Crippen LogP contribution in [-0.2, 0) is 4.74 Å². The maximum absolute atomic E-state index is 14.0. The summed E-state index contributed by atoms with van der Waals surface area (Å²) in [5.41, 5.74) is -0.278. The molecule has 0 amide bonds. The van der Waals surface area contributed by atoms with Gasteiger partial charge < -0.3 is 14.5 Å². The van der Waals surface area contributed by atoms with Crippen LogP contribution in [0, 0.1) is 11.6 Å². The summed E-state index contributed by atoms with van der Waals surface area (Å²) in [4.78, 5) is 26.3. The summed E-state index contributed by atoms with van der Waals surface area (Å²) in [6, 6.07) is 0.813. The van der Waals surface area contributed by atoms with Gasteiger partial charge in [-0.05, 0) is 31.7 Å². The van der Waals surface area contributed by atoms with Crippen molar-refractivity contribution >= 4 is 17.1 Å². The second kappa shape index (κ2) is 5.40. The van der Waals surface area contributed by atoms with Gasteiger partial charge in [0.1, 0.15) is 0 Å². The standard InChI is InChI=1S/C15H13F2NO4/c1-2-21-15(20)22-10-6-18-13-8(14(10)19)5-9(16)12(17)11(13)7-3-4-7/h5-7H,2-4H2,1H3,(H,18,19). The summed E-state index contributed by atoms with van der Waals surface area (Å²) >= 11 is 0. The largest absolute Gasteiger partial charge is 0.514 e. The lowest BCUT2D eigenvalue weighted by atomic mass is 10.0. The van der Waals surface area contributed by atoms with E-state index in [0.29, 0.717) is 0 Å². The van der Waals surface area contributed by atoms with Gasteiger partial charge in [0.25, 0.3) is 0 Å². The van der Waals surface area contributed by atoms with E-state index in [1.165, 1.54) is 0 Å². The average Bonchev–Trinajstić information content (AvgIpc) is 3.29. The Morgan fingerprint density at radius 3 is 2.77 bits per heavy atom. The minimum atomic E-state index is -1.09. The van der Waals surface area contributed by atoms with Crippen LogP contribution in [0.5, 0.6) is 5.75 Å². The van der Waals surface area contributed by atoms with Crippen LogP contribution in [0.1, 0.15) is 31.2 Å². The first-order chi connectivity index (χ1) is 10.5. The van der Waals surface area contributed by atoms with Crippen LogP contribution in [0.4, 0.5) is 13.6 Å². The molecule has 1 N–H and O–H groups in total. The smallest absolute Gasteiger partial charge is 0.434 e. The van der Waals surface area contributed by atoms with Crippen molar-refractivity contribution in [2.75, 3.05) is 6.61 Å². The Bertz CT molecular complexity index is 811. The lowest BCUT2D eigenvalue weighted by Crippen LogP contribution is -2.17. The Hall–Kier alpha value is -2.44. The van der Waals surface area contributed by atoms with Crippen molar-refractivity contribution in [3.05, 3.63) is 39.7 Å². The van der Waals surface area contributed by atoms with E-state index < -0.39 is 23.2 Å². The molecule has 0 unspecified atom stereocenters. The summed E-state index contributed by atoms with van der Waals surface area (Å²) < 4.78 is 37.0. The number of fused-ring (bicyclic) bond motifs is 1. The number of benzene rings is 1. The molecule has 22 heavy (non-hydrogen) atoms. The quantitative estimate of drug-likeness (QED) is 0.884. The fraction of sp³-hybridized carbons (Fsp3) is 0.333. The summed E-state index contributed by atoms with van der Waals surface area (Å²) in [6.07, 6.45) is 1.62. The van der Waals surface area contributed by atoms with Crippen LogP contribution in [0.15, 0.2) is 17.1 Å². The molecule has 5 nitrogen and oxygen atoms in total. The fourth-order valence-electron chi connectivity index (χ4n) is 2.38. The van der Waals surface area contributed by atoms with Crippen LogP contribution in [0.2, 0.25) is 0 Å². The molecule has 0 aliphatic heterocycles. The molecule has 1 heterocycles. The third-order valence-electron chi connectivity index (χ3n) is 3.51. The molecule has 3 rings (SSSR count). The molecule has 1 aromatic carbocycles. The summed E-state index contributed by atoms with van der Waals surface area (Å²) in [7, 11) is 0. The van der Waals surface area contributed by atoms with Gasteiger partial charge in [-0.25, -0.2) is 13.6 Å².